The van der Waals surface area contributed by atoms with Crippen LogP contribution in [0.4, 0.5) is 10.1 Å². The number of nitrogens with zero attached hydrogens (tertiary/aromatic N) is 4. The first-order valence-corrected chi connectivity index (χ1v) is 10.2. The number of nitrogens with one attached hydrogen (secondary N) is 1. The summed E-state index contributed by atoms with van der Waals surface area (Å²) in [5, 5.41) is 15.5. The number of benzene rings is 2. The highest BCUT2D eigenvalue weighted by molar-refractivity contribution is 5.91. The van der Waals surface area contributed by atoms with Gasteiger partial charge in [0, 0.05) is 17.4 Å². The van der Waals surface area contributed by atoms with Crippen LogP contribution in [0.2, 0.25) is 0 Å². The number of anilines is 1. The molecular formula is C24H22FN5O3. The number of carbonyl (C=O) groups excluding carboxylic acids is 1. The van der Waals surface area contributed by atoms with Crippen LogP contribution in [0.25, 0.3) is 5.82 Å². The van der Waals surface area contributed by atoms with Gasteiger partial charge in [0.25, 0.3) is 5.91 Å². The van der Waals surface area contributed by atoms with E-state index in [1.807, 2.05) is 20.8 Å². The third-order valence-corrected chi connectivity index (χ3v) is 5.05. The van der Waals surface area contributed by atoms with Crippen molar-refractivity contribution in [3.63, 3.8) is 0 Å². The van der Waals surface area contributed by atoms with Crippen molar-refractivity contribution in [2.24, 2.45) is 0 Å². The fraction of sp³-hybridized carbons (Fsp3) is 0.167. The van der Waals surface area contributed by atoms with Crippen molar-refractivity contribution in [3.05, 3.63) is 83.4 Å². The lowest BCUT2D eigenvalue weighted by Crippen LogP contribution is -2.20. The Labute approximate surface area is 190 Å². The van der Waals surface area contributed by atoms with Crippen molar-refractivity contribution in [2.75, 3.05) is 11.9 Å². The van der Waals surface area contributed by atoms with Gasteiger partial charge in [-0.25, -0.2) is 9.07 Å². The van der Waals surface area contributed by atoms with Crippen LogP contribution in [0.3, 0.4) is 0 Å². The molecule has 168 valence electrons. The highest BCUT2D eigenvalue weighted by atomic mass is 19.1. The molecule has 0 atom stereocenters. The molecule has 2 aromatic heterocycles. The monoisotopic (exact) mass is 447 g/mol. The van der Waals surface area contributed by atoms with E-state index in [0.717, 1.165) is 17.0 Å². The Kier molecular flexibility index (Phi) is 6.30. The number of para-hydroxylation sites is 1. The van der Waals surface area contributed by atoms with Crippen LogP contribution >= 0.6 is 0 Å². The van der Waals surface area contributed by atoms with Gasteiger partial charge in [-0.3, -0.25) is 4.79 Å². The average molecular weight is 447 g/mol. The first-order chi connectivity index (χ1) is 15.9. The summed E-state index contributed by atoms with van der Waals surface area (Å²) < 4.78 is 26.2. The van der Waals surface area contributed by atoms with Gasteiger partial charge < -0.3 is 14.8 Å². The SMILES string of the molecule is Cc1nn(-c2ccc(Oc3ccc(NC(=O)COc4ccccc4F)cc3)nn2)c(C)c1C. The standard InChI is InChI=1S/C24H22FN5O3/c1-15-16(2)29-30(17(15)3)22-12-13-24(28-27-22)33-19-10-8-18(9-11-19)26-23(31)14-32-21-7-5-4-6-20(21)25/h4-13H,14H2,1-3H3,(H,26,31). The fourth-order valence-corrected chi connectivity index (χ4v) is 3.05. The number of halogens is 1. The van der Waals surface area contributed by atoms with E-state index in [0.29, 0.717) is 23.1 Å². The van der Waals surface area contributed by atoms with Gasteiger partial charge in [0.2, 0.25) is 5.88 Å². The molecule has 0 aliphatic carbocycles. The summed E-state index contributed by atoms with van der Waals surface area (Å²) in [5.41, 5.74) is 3.61. The molecule has 1 N–H and O–H groups in total. The van der Waals surface area contributed by atoms with Crippen LogP contribution in [0.5, 0.6) is 17.4 Å². The summed E-state index contributed by atoms with van der Waals surface area (Å²) in [5.74, 6) is 0.551. The van der Waals surface area contributed by atoms with Crippen LogP contribution < -0.4 is 14.8 Å². The number of aryl methyl sites for hydroxylation is 1. The zero-order valence-electron chi connectivity index (χ0n) is 18.4. The summed E-state index contributed by atoms with van der Waals surface area (Å²) in [6.07, 6.45) is 0. The zero-order valence-corrected chi connectivity index (χ0v) is 18.4. The van der Waals surface area contributed by atoms with Crippen LogP contribution in [-0.4, -0.2) is 32.5 Å². The summed E-state index contributed by atoms with van der Waals surface area (Å²) in [4.78, 5) is 12.1. The highest BCUT2D eigenvalue weighted by Crippen LogP contribution is 2.22. The number of hydrogen-bond acceptors (Lipinski definition) is 6. The van der Waals surface area contributed by atoms with Gasteiger partial charge in [-0.15, -0.1) is 10.2 Å². The number of ether oxygens (including phenoxy) is 2. The lowest BCUT2D eigenvalue weighted by Gasteiger charge is -2.09. The minimum Gasteiger partial charge on any atom is -0.481 e. The third-order valence-electron chi connectivity index (χ3n) is 5.05. The maximum Gasteiger partial charge on any atom is 0.262 e. The predicted molar refractivity (Wildman–Crippen MR) is 120 cm³/mol. The van der Waals surface area contributed by atoms with Crippen LogP contribution in [0.1, 0.15) is 17.0 Å². The summed E-state index contributed by atoms with van der Waals surface area (Å²) in [7, 11) is 0. The lowest BCUT2D eigenvalue weighted by molar-refractivity contribution is -0.118. The minimum atomic E-state index is -0.520. The quantitative estimate of drug-likeness (QED) is 0.447. The third kappa shape index (κ3) is 5.15. The van der Waals surface area contributed by atoms with E-state index in [9.17, 15) is 9.18 Å². The first kappa shape index (κ1) is 21.9. The largest absolute Gasteiger partial charge is 0.481 e. The second-order valence-electron chi connectivity index (χ2n) is 7.33. The molecule has 0 aliphatic heterocycles. The Morgan fingerprint density at radius 2 is 1.76 bits per heavy atom. The normalized spacial score (nSPS) is 10.7. The molecule has 0 saturated heterocycles. The second-order valence-corrected chi connectivity index (χ2v) is 7.33. The van der Waals surface area contributed by atoms with Gasteiger partial charge in [0.1, 0.15) is 5.75 Å². The van der Waals surface area contributed by atoms with Gasteiger partial charge in [-0.1, -0.05) is 12.1 Å². The molecule has 1 amide bonds. The Morgan fingerprint density at radius 1 is 1.00 bits per heavy atom. The van der Waals surface area contributed by atoms with Crippen molar-refractivity contribution in [1.82, 2.24) is 20.0 Å². The Morgan fingerprint density at radius 3 is 2.39 bits per heavy atom. The molecule has 2 heterocycles. The first-order valence-electron chi connectivity index (χ1n) is 10.2. The van der Waals surface area contributed by atoms with Gasteiger partial charge in [0.15, 0.2) is 24.0 Å². The molecule has 0 saturated carbocycles. The fourth-order valence-electron chi connectivity index (χ4n) is 3.05. The topological polar surface area (TPSA) is 91.2 Å². The van der Waals surface area contributed by atoms with E-state index >= 15 is 0 Å². The van der Waals surface area contributed by atoms with Crippen molar-refractivity contribution in [3.8, 4) is 23.2 Å². The molecule has 33 heavy (non-hydrogen) atoms. The van der Waals surface area contributed by atoms with Crippen molar-refractivity contribution >= 4 is 11.6 Å². The maximum atomic E-state index is 13.5. The Bertz CT molecular complexity index is 1270. The van der Waals surface area contributed by atoms with Gasteiger partial charge in [-0.05, 0) is 68.8 Å². The Hall–Kier alpha value is -4.27. The molecule has 9 heteroatoms. The van der Waals surface area contributed by atoms with E-state index in [-0.39, 0.29) is 12.4 Å². The van der Waals surface area contributed by atoms with E-state index in [1.54, 1.807) is 53.2 Å². The van der Waals surface area contributed by atoms with Crippen molar-refractivity contribution in [1.29, 1.82) is 0 Å². The molecule has 0 fully saturated rings. The molecule has 0 radical (unpaired) electrons. The molecule has 8 nitrogen and oxygen atoms in total. The van der Waals surface area contributed by atoms with E-state index < -0.39 is 11.7 Å². The van der Waals surface area contributed by atoms with Gasteiger partial charge in [0.05, 0.1) is 5.69 Å². The lowest BCUT2D eigenvalue weighted by atomic mass is 10.2. The summed E-state index contributed by atoms with van der Waals surface area (Å²) in [6.45, 7) is 5.64. The van der Waals surface area contributed by atoms with Gasteiger partial charge in [-0.2, -0.15) is 5.10 Å². The number of rotatable bonds is 7. The smallest absolute Gasteiger partial charge is 0.262 e. The Balaban J connectivity index is 1.33. The maximum absolute atomic E-state index is 13.5. The predicted octanol–water partition coefficient (Wildman–Crippen LogP) is 4.54. The van der Waals surface area contributed by atoms with E-state index in [1.165, 1.54) is 12.1 Å². The van der Waals surface area contributed by atoms with E-state index in [2.05, 4.69) is 20.6 Å². The van der Waals surface area contributed by atoms with Crippen molar-refractivity contribution in [2.45, 2.75) is 20.8 Å². The number of amides is 1. The molecule has 0 unspecified atom stereocenters. The number of aromatic nitrogens is 4. The van der Waals surface area contributed by atoms with E-state index in [4.69, 9.17) is 9.47 Å². The molecule has 2 aromatic carbocycles. The molecule has 0 aliphatic rings. The molecule has 4 rings (SSSR count). The zero-order chi connectivity index (χ0) is 23.4. The van der Waals surface area contributed by atoms with Crippen LogP contribution in [-0.2, 0) is 4.79 Å². The minimum absolute atomic E-state index is 0.0245. The molecule has 0 spiro atoms. The highest BCUT2D eigenvalue weighted by Gasteiger charge is 2.11. The van der Waals surface area contributed by atoms with Gasteiger partial charge >= 0.3 is 0 Å². The molecular weight excluding hydrogens is 425 g/mol. The summed E-state index contributed by atoms with van der Waals surface area (Å²) >= 11 is 0. The van der Waals surface area contributed by atoms with Crippen molar-refractivity contribution < 1.29 is 18.7 Å². The second kappa shape index (κ2) is 9.47. The number of hydrogen-bond donors (Lipinski definition) is 1. The molecule has 4 aromatic rings. The molecule has 0 bridgehead atoms. The average Bonchev–Trinajstić information content (AvgIpc) is 3.07. The number of carbonyl (C=O) groups is 1. The summed E-state index contributed by atoms with van der Waals surface area (Å²) in [6, 6.07) is 16.1. The van der Waals surface area contributed by atoms with Crippen LogP contribution in [0, 0.1) is 26.6 Å². The van der Waals surface area contributed by atoms with Crippen LogP contribution in [0.15, 0.2) is 60.7 Å².